The van der Waals surface area contributed by atoms with Gasteiger partial charge in [0, 0.05) is 5.69 Å². The molecule has 0 bridgehead atoms. The van der Waals surface area contributed by atoms with Crippen molar-refractivity contribution < 1.29 is 4.42 Å². The van der Waals surface area contributed by atoms with E-state index in [4.69, 9.17) is 19.5 Å². The van der Waals surface area contributed by atoms with E-state index < -0.39 is 0 Å². The van der Waals surface area contributed by atoms with E-state index in [1.165, 1.54) is 5.56 Å². The molecule has 2 aliphatic rings. The van der Waals surface area contributed by atoms with Crippen LogP contribution in [0.1, 0.15) is 35.5 Å². The van der Waals surface area contributed by atoms with Crippen LogP contribution >= 0.6 is 15.9 Å². The van der Waals surface area contributed by atoms with Crippen LogP contribution in [-0.2, 0) is 6.42 Å². The van der Waals surface area contributed by atoms with E-state index in [1.807, 2.05) is 72.3 Å². The molecule has 0 spiro atoms. The Labute approximate surface area is 234 Å². The molecule has 7 nitrogen and oxygen atoms in total. The molecule has 0 fully saturated rings. The molecule has 3 aromatic carbocycles. The van der Waals surface area contributed by atoms with Crippen LogP contribution in [0, 0.1) is 6.92 Å². The molecule has 192 valence electrons. The van der Waals surface area contributed by atoms with E-state index in [0.717, 1.165) is 52.0 Å². The number of aryl methyl sites for hydroxylation is 2. The maximum absolute atomic E-state index is 6.22. The maximum atomic E-state index is 6.22. The number of hydrogen-bond acceptors (Lipinski definition) is 6. The Balaban J connectivity index is 1.47. The molecule has 0 saturated heterocycles. The van der Waals surface area contributed by atoms with Crippen molar-refractivity contribution in [2.45, 2.75) is 26.3 Å². The third kappa shape index (κ3) is 3.99. The smallest absolute Gasteiger partial charge is 0.179 e. The lowest BCUT2D eigenvalue weighted by Crippen LogP contribution is -2.46. The van der Waals surface area contributed by atoms with Crippen LogP contribution < -0.4 is 10.2 Å². The highest BCUT2D eigenvalue weighted by molar-refractivity contribution is 9.10. The average molecular weight is 577 g/mol. The van der Waals surface area contributed by atoms with Crippen molar-refractivity contribution in [1.82, 2.24) is 9.78 Å². The first-order chi connectivity index (χ1) is 19.1. The predicted molar refractivity (Wildman–Crippen MR) is 159 cm³/mol. The van der Waals surface area contributed by atoms with Crippen molar-refractivity contribution in [3.8, 4) is 5.69 Å². The number of hydrogen-bond donors (Lipinski definition) is 1. The van der Waals surface area contributed by atoms with Crippen molar-refractivity contribution >= 4 is 50.5 Å². The molecular weight excluding hydrogens is 552 g/mol. The van der Waals surface area contributed by atoms with Gasteiger partial charge in [0.1, 0.15) is 11.8 Å². The van der Waals surface area contributed by atoms with Gasteiger partial charge in [-0.05, 0) is 83.4 Å². The molecule has 1 atom stereocenters. The quantitative estimate of drug-likeness (QED) is 0.236. The second-order valence-corrected chi connectivity index (χ2v) is 10.3. The summed E-state index contributed by atoms with van der Waals surface area (Å²) in [6, 6.07) is 30.3. The summed E-state index contributed by atoms with van der Waals surface area (Å²) in [5.41, 5.74) is 6.87. The number of aliphatic imine (C=N–C) groups is 2. The fraction of sp³-hybridized carbons (Fsp3) is 0.129. The van der Waals surface area contributed by atoms with Crippen molar-refractivity contribution in [2.75, 3.05) is 10.2 Å². The van der Waals surface area contributed by atoms with E-state index in [0.29, 0.717) is 16.3 Å². The number of fused-ring (bicyclic) bond motifs is 4. The van der Waals surface area contributed by atoms with Gasteiger partial charge in [0.25, 0.3) is 0 Å². The molecule has 8 heteroatoms. The number of nitrogens with zero attached hydrogens (tertiary/aromatic N) is 5. The number of para-hydroxylation sites is 3. The maximum Gasteiger partial charge on any atom is 0.179 e. The summed E-state index contributed by atoms with van der Waals surface area (Å²) in [5.74, 6) is 2.92. The Bertz CT molecular complexity index is 1750. The van der Waals surface area contributed by atoms with Crippen LogP contribution in [0.3, 0.4) is 0 Å². The second kappa shape index (κ2) is 9.39. The molecule has 1 N–H and O–H groups in total. The van der Waals surface area contributed by atoms with Gasteiger partial charge < -0.3 is 14.6 Å². The van der Waals surface area contributed by atoms with Gasteiger partial charge in [-0.25, -0.2) is 14.7 Å². The van der Waals surface area contributed by atoms with Crippen LogP contribution in [0.4, 0.5) is 22.9 Å². The molecule has 0 amide bonds. The minimum absolute atomic E-state index is 0.299. The Morgan fingerprint density at radius 2 is 1.67 bits per heavy atom. The summed E-state index contributed by atoms with van der Waals surface area (Å²) in [5, 5.41) is 8.51. The van der Waals surface area contributed by atoms with Gasteiger partial charge in [0.15, 0.2) is 22.2 Å². The molecule has 4 heterocycles. The molecule has 2 aliphatic heterocycles. The van der Waals surface area contributed by atoms with Crippen LogP contribution in [0.15, 0.2) is 110 Å². The number of rotatable bonds is 4. The van der Waals surface area contributed by atoms with E-state index in [2.05, 4.69) is 63.4 Å². The van der Waals surface area contributed by atoms with Crippen LogP contribution in [0.2, 0.25) is 0 Å². The minimum Gasteiger partial charge on any atom is -0.452 e. The van der Waals surface area contributed by atoms with E-state index >= 15 is 0 Å². The van der Waals surface area contributed by atoms with Gasteiger partial charge >= 0.3 is 0 Å². The van der Waals surface area contributed by atoms with Gasteiger partial charge in [-0.15, -0.1) is 0 Å². The molecule has 39 heavy (non-hydrogen) atoms. The van der Waals surface area contributed by atoms with Crippen LogP contribution in [-0.4, -0.2) is 21.5 Å². The first-order valence-corrected chi connectivity index (χ1v) is 13.7. The Kier molecular flexibility index (Phi) is 5.70. The molecule has 7 rings (SSSR count). The molecule has 0 saturated carbocycles. The zero-order valence-electron chi connectivity index (χ0n) is 21.5. The van der Waals surface area contributed by atoms with Crippen LogP contribution in [0.25, 0.3) is 5.69 Å². The highest BCUT2D eigenvalue weighted by Crippen LogP contribution is 2.48. The number of amidine groups is 2. The summed E-state index contributed by atoms with van der Waals surface area (Å²) < 4.78 is 8.80. The van der Waals surface area contributed by atoms with Gasteiger partial charge in [0.05, 0.1) is 28.3 Å². The zero-order chi connectivity index (χ0) is 26.5. The lowest BCUT2D eigenvalue weighted by atomic mass is 9.98. The Hall–Kier alpha value is -4.43. The molecular formula is C31H25BrN6O. The highest BCUT2D eigenvalue weighted by atomic mass is 79.9. The molecule has 5 aromatic rings. The fourth-order valence-electron chi connectivity index (χ4n) is 5.25. The average Bonchev–Trinajstić information content (AvgIpc) is 3.55. The summed E-state index contributed by atoms with van der Waals surface area (Å²) in [7, 11) is 0. The van der Waals surface area contributed by atoms with E-state index in [9.17, 15) is 0 Å². The number of anilines is 2. The van der Waals surface area contributed by atoms with Gasteiger partial charge in [-0.2, -0.15) is 5.10 Å². The van der Waals surface area contributed by atoms with Gasteiger partial charge in [-0.3, -0.25) is 0 Å². The number of nitrogens with one attached hydrogen (secondary N) is 1. The first kappa shape index (κ1) is 23.7. The number of benzene rings is 3. The third-order valence-corrected chi connectivity index (χ3v) is 7.55. The number of furan rings is 1. The third-order valence-electron chi connectivity index (χ3n) is 7.13. The van der Waals surface area contributed by atoms with Crippen LogP contribution in [0.5, 0.6) is 0 Å². The Morgan fingerprint density at radius 3 is 2.41 bits per heavy atom. The summed E-state index contributed by atoms with van der Waals surface area (Å²) in [6.07, 6.45) is 0.987. The van der Waals surface area contributed by atoms with Gasteiger partial charge in [0.2, 0.25) is 0 Å². The normalized spacial score (nSPS) is 15.7. The number of halogens is 1. The zero-order valence-corrected chi connectivity index (χ0v) is 23.1. The highest BCUT2D eigenvalue weighted by Gasteiger charge is 2.42. The minimum atomic E-state index is -0.299. The molecule has 0 unspecified atom stereocenters. The lowest BCUT2D eigenvalue weighted by molar-refractivity contribution is 0.468. The van der Waals surface area contributed by atoms with Crippen molar-refractivity contribution in [1.29, 1.82) is 0 Å². The lowest BCUT2D eigenvalue weighted by Gasteiger charge is -2.39. The van der Waals surface area contributed by atoms with Crippen molar-refractivity contribution in [3.05, 3.63) is 118 Å². The van der Waals surface area contributed by atoms with Crippen molar-refractivity contribution in [2.24, 2.45) is 9.98 Å². The van der Waals surface area contributed by atoms with E-state index in [1.54, 1.807) is 0 Å². The molecule has 0 aliphatic carbocycles. The topological polar surface area (TPSA) is 71.0 Å². The largest absolute Gasteiger partial charge is 0.452 e. The first-order valence-electron chi connectivity index (χ1n) is 12.9. The monoisotopic (exact) mass is 576 g/mol. The predicted octanol–water partition coefficient (Wildman–Crippen LogP) is 7.89. The van der Waals surface area contributed by atoms with Crippen molar-refractivity contribution in [3.63, 3.8) is 0 Å². The molecule has 0 radical (unpaired) electrons. The fourth-order valence-corrected chi connectivity index (χ4v) is 5.57. The second-order valence-electron chi connectivity index (χ2n) is 9.54. The standard InChI is InChI=1S/C31H25BrN6O/c1-3-20-13-15-21(16-14-20)33-29-31-35-30-27(19(2)36-38(30)22-9-5-4-6-10-22)28(25-17-18-26(32)39-25)37(31)24-12-8-7-11-23(24)34-29/h4-18,28H,3H2,1-2H3,(H,33,34)/t28-/m0/s1. The summed E-state index contributed by atoms with van der Waals surface area (Å²) in [6.45, 7) is 4.18. The Morgan fingerprint density at radius 1 is 0.897 bits per heavy atom. The summed E-state index contributed by atoms with van der Waals surface area (Å²) >= 11 is 3.51. The molecule has 2 aromatic heterocycles. The SMILES string of the molecule is CCc1ccc(NC2=Nc3ccccc3N3C2=Nc2c(c(C)nn2-c2ccccc2)[C@@H]3c2ccc(Br)o2)cc1. The summed E-state index contributed by atoms with van der Waals surface area (Å²) in [4.78, 5) is 12.5. The van der Waals surface area contributed by atoms with E-state index in [-0.39, 0.29) is 6.04 Å². The van der Waals surface area contributed by atoms with Gasteiger partial charge in [-0.1, -0.05) is 49.4 Å². The number of aromatic nitrogens is 2.